The largest absolute Gasteiger partial charge is 0.433 e. The smallest absolute Gasteiger partial charge is 0.387 e. The van der Waals surface area contributed by atoms with Crippen molar-refractivity contribution in [2.75, 3.05) is 30.0 Å². The number of alkyl halides is 2. The minimum atomic E-state index is -3.18. The zero-order chi connectivity index (χ0) is 22.5. The van der Waals surface area contributed by atoms with E-state index in [2.05, 4.69) is 15.4 Å². The van der Waals surface area contributed by atoms with E-state index in [9.17, 15) is 28.0 Å². The summed E-state index contributed by atoms with van der Waals surface area (Å²) < 4.78 is 35.3. The molecule has 2 aliphatic rings. The summed E-state index contributed by atoms with van der Waals surface area (Å²) >= 11 is 0. The number of nitrogens with one attached hydrogen (secondary N) is 2. The van der Waals surface area contributed by atoms with Crippen LogP contribution in [0.3, 0.4) is 0 Å². The first-order chi connectivity index (χ1) is 14.8. The van der Waals surface area contributed by atoms with Crippen LogP contribution in [0, 0.1) is 5.92 Å². The van der Waals surface area contributed by atoms with Crippen LogP contribution in [-0.2, 0) is 23.9 Å². The molecule has 2 fully saturated rings. The Morgan fingerprint density at radius 2 is 2.00 bits per heavy atom. The van der Waals surface area contributed by atoms with Gasteiger partial charge >= 0.3 is 6.61 Å². The molecule has 168 valence electrons. The topological polar surface area (TPSA) is 140 Å². The first kappa shape index (κ1) is 22.4. The van der Waals surface area contributed by atoms with Gasteiger partial charge in [0.1, 0.15) is 6.61 Å². The maximum atomic E-state index is 12.9. The normalized spacial score (nSPS) is 17.6. The van der Waals surface area contributed by atoms with Gasteiger partial charge in [0.15, 0.2) is 11.8 Å². The van der Waals surface area contributed by atoms with Crippen molar-refractivity contribution in [3.63, 3.8) is 0 Å². The summed E-state index contributed by atoms with van der Waals surface area (Å²) in [5.74, 6) is -3.51. The molecule has 1 aromatic carbocycles. The fourth-order valence-corrected chi connectivity index (χ4v) is 3.19. The number of morpholine rings is 1. The van der Waals surface area contributed by atoms with Crippen molar-refractivity contribution >= 4 is 35.0 Å². The molecule has 0 aromatic heterocycles. The van der Waals surface area contributed by atoms with Crippen LogP contribution in [-0.4, -0.2) is 56.0 Å². The van der Waals surface area contributed by atoms with Gasteiger partial charge in [0, 0.05) is 24.2 Å². The molecule has 1 heterocycles. The van der Waals surface area contributed by atoms with Gasteiger partial charge in [-0.05, 0) is 25.0 Å². The van der Waals surface area contributed by atoms with Gasteiger partial charge in [-0.1, -0.05) is 6.42 Å². The third-order valence-electron chi connectivity index (χ3n) is 5.03. The van der Waals surface area contributed by atoms with Gasteiger partial charge in [-0.3, -0.25) is 19.2 Å². The Bertz CT molecular complexity index is 877. The van der Waals surface area contributed by atoms with Crippen molar-refractivity contribution in [1.29, 1.82) is 0 Å². The van der Waals surface area contributed by atoms with Crippen LogP contribution < -0.4 is 26.0 Å². The quantitative estimate of drug-likeness (QED) is 0.499. The summed E-state index contributed by atoms with van der Waals surface area (Å²) in [5, 5.41) is 4.66. The number of carbonyl (C=O) groups is 4. The van der Waals surface area contributed by atoms with E-state index in [0.29, 0.717) is 12.8 Å². The van der Waals surface area contributed by atoms with Crippen LogP contribution in [0.25, 0.3) is 0 Å². The Hall–Kier alpha value is -3.28. The molecule has 4 N–H and O–H groups in total. The first-order valence-corrected chi connectivity index (χ1v) is 9.64. The van der Waals surface area contributed by atoms with Gasteiger partial charge in [0.2, 0.25) is 11.8 Å². The Balaban J connectivity index is 1.77. The first-order valence-electron chi connectivity index (χ1n) is 9.64. The Labute approximate surface area is 176 Å². The number of ether oxygens (including phenoxy) is 2. The molecule has 3 rings (SSSR count). The van der Waals surface area contributed by atoms with Crippen LogP contribution in [0.4, 0.5) is 20.2 Å². The molecule has 0 unspecified atom stereocenters. The fourth-order valence-electron chi connectivity index (χ4n) is 3.19. The van der Waals surface area contributed by atoms with E-state index < -0.39 is 36.3 Å². The molecule has 1 saturated heterocycles. The molecule has 1 atom stereocenters. The molecule has 1 aliphatic heterocycles. The predicted molar refractivity (Wildman–Crippen MR) is 103 cm³/mol. The number of hydrogen-bond donors (Lipinski definition) is 3. The van der Waals surface area contributed by atoms with Crippen LogP contribution in [0.5, 0.6) is 5.75 Å². The van der Waals surface area contributed by atoms with E-state index in [-0.39, 0.29) is 42.8 Å². The molecule has 0 spiro atoms. The van der Waals surface area contributed by atoms with E-state index in [4.69, 9.17) is 10.5 Å². The second-order valence-corrected chi connectivity index (χ2v) is 7.12. The molecular formula is C19H22F2N4O6. The number of benzene rings is 1. The third kappa shape index (κ3) is 5.45. The molecule has 1 aliphatic carbocycles. The standard InChI is InChI=1S/C19H22F2N4O6/c20-19(21)31-13-8-11(4-5-12(13)25-6-7-30-9-14(25)26)23-18(29)15(16(22)27)24-17(28)10-2-1-3-10/h4-5,8,10,15,19H,1-3,6-7,9H2,(H2,22,27)(H,23,29)(H,24,28)/t15-/m0/s1. The van der Waals surface area contributed by atoms with Crippen LogP contribution in [0.1, 0.15) is 19.3 Å². The van der Waals surface area contributed by atoms with Gasteiger partial charge in [-0.15, -0.1) is 0 Å². The Morgan fingerprint density at radius 3 is 2.58 bits per heavy atom. The summed E-state index contributed by atoms with van der Waals surface area (Å²) in [5.41, 5.74) is 5.33. The van der Waals surface area contributed by atoms with Gasteiger partial charge < -0.3 is 30.7 Å². The SMILES string of the molecule is NC(=O)[C@H](NC(=O)C1CCC1)C(=O)Nc1ccc(N2CCOCC2=O)c(OC(F)F)c1. The lowest BCUT2D eigenvalue weighted by Crippen LogP contribution is -2.53. The lowest BCUT2D eigenvalue weighted by atomic mass is 9.84. The van der Waals surface area contributed by atoms with E-state index in [1.165, 1.54) is 17.0 Å². The summed E-state index contributed by atoms with van der Waals surface area (Å²) in [6.07, 6.45) is 2.21. The monoisotopic (exact) mass is 440 g/mol. The number of anilines is 2. The predicted octanol–water partition coefficient (Wildman–Crippen LogP) is 0.360. The van der Waals surface area contributed by atoms with Crippen LogP contribution in [0.2, 0.25) is 0 Å². The highest BCUT2D eigenvalue weighted by molar-refractivity contribution is 6.11. The van der Waals surface area contributed by atoms with Crippen molar-refractivity contribution in [3.8, 4) is 5.75 Å². The Kier molecular flexibility index (Phi) is 7.00. The number of amides is 4. The third-order valence-corrected chi connectivity index (χ3v) is 5.03. The summed E-state index contributed by atoms with van der Waals surface area (Å²) in [4.78, 5) is 49.5. The maximum absolute atomic E-state index is 12.9. The van der Waals surface area contributed by atoms with Crippen LogP contribution >= 0.6 is 0 Å². The highest BCUT2D eigenvalue weighted by Crippen LogP contribution is 2.33. The van der Waals surface area contributed by atoms with E-state index in [0.717, 1.165) is 12.5 Å². The molecule has 0 bridgehead atoms. The van der Waals surface area contributed by atoms with Crippen molar-refractivity contribution < 1.29 is 37.4 Å². The van der Waals surface area contributed by atoms with Gasteiger partial charge in [0.25, 0.3) is 11.8 Å². The van der Waals surface area contributed by atoms with Crippen molar-refractivity contribution in [3.05, 3.63) is 18.2 Å². The minimum Gasteiger partial charge on any atom is -0.433 e. The average Bonchev–Trinajstić information content (AvgIpc) is 2.65. The molecule has 10 nitrogen and oxygen atoms in total. The number of carbonyl (C=O) groups excluding carboxylic acids is 4. The summed E-state index contributed by atoms with van der Waals surface area (Å²) in [6, 6.07) is 2.13. The minimum absolute atomic E-state index is 0.00857. The molecule has 0 radical (unpaired) electrons. The highest BCUT2D eigenvalue weighted by atomic mass is 19.3. The molecule has 4 amide bonds. The zero-order valence-corrected chi connectivity index (χ0v) is 16.4. The zero-order valence-electron chi connectivity index (χ0n) is 16.4. The van der Waals surface area contributed by atoms with Gasteiger partial charge in [0.05, 0.1) is 12.3 Å². The molecule has 31 heavy (non-hydrogen) atoms. The Morgan fingerprint density at radius 1 is 1.26 bits per heavy atom. The number of halogens is 2. The van der Waals surface area contributed by atoms with Crippen LogP contribution in [0.15, 0.2) is 18.2 Å². The number of hydrogen-bond acceptors (Lipinski definition) is 6. The second kappa shape index (κ2) is 9.69. The lowest BCUT2D eigenvalue weighted by Gasteiger charge is -2.28. The van der Waals surface area contributed by atoms with Gasteiger partial charge in [-0.2, -0.15) is 8.78 Å². The molecule has 1 saturated carbocycles. The van der Waals surface area contributed by atoms with E-state index in [1.54, 1.807) is 0 Å². The average molecular weight is 440 g/mol. The second-order valence-electron chi connectivity index (χ2n) is 7.12. The lowest BCUT2D eigenvalue weighted by molar-refractivity contribution is -0.136. The van der Waals surface area contributed by atoms with Crippen molar-refractivity contribution in [1.82, 2.24) is 5.32 Å². The number of nitrogens with zero attached hydrogens (tertiary/aromatic N) is 1. The molecular weight excluding hydrogens is 418 g/mol. The summed E-state index contributed by atoms with van der Waals surface area (Å²) in [7, 11) is 0. The number of primary amides is 1. The molecule has 1 aromatic rings. The molecule has 12 heteroatoms. The fraction of sp³-hybridized carbons (Fsp3) is 0.474. The number of nitrogens with two attached hydrogens (primary N) is 1. The maximum Gasteiger partial charge on any atom is 0.387 e. The van der Waals surface area contributed by atoms with E-state index >= 15 is 0 Å². The van der Waals surface area contributed by atoms with Crippen molar-refractivity contribution in [2.24, 2.45) is 11.7 Å². The summed E-state index contributed by atoms with van der Waals surface area (Å²) in [6.45, 7) is -3.02. The highest BCUT2D eigenvalue weighted by Gasteiger charge is 2.32. The van der Waals surface area contributed by atoms with Gasteiger partial charge in [-0.25, -0.2) is 0 Å². The van der Waals surface area contributed by atoms with Crippen molar-refractivity contribution in [2.45, 2.75) is 31.9 Å². The van der Waals surface area contributed by atoms with E-state index in [1.807, 2.05) is 0 Å². The number of rotatable bonds is 8.